The Bertz CT molecular complexity index is 851. The van der Waals surface area contributed by atoms with Crippen molar-refractivity contribution in [3.63, 3.8) is 0 Å². The zero-order valence-corrected chi connectivity index (χ0v) is 12.8. The van der Waals surface area contributed by atoms with E-state index in [0.29, 0.717) is 5.56 Å². The van der Waals surface area contributed by atoms with Gasteiger partial charge in [0.1, 0.15) is 5.70 Å². The summed E-state index contributed by atoms with van der Waals surface area (Å²) in [5.41, 5.74) is 1.57. The molecule has 24 heavy (non-hydrogen) atoms. The van der Waals surface area contributed by atoms with Crippen LogP contribution in [0.4, 0.5) is 10.5 Å². The molecule has 122 valence electrons. The Hall–Kier alpha value is -3.42. The average molecular weight is 326 g/mol. The molecule has 0 aliphatic carbocycles. The molecule has 2 aromatic rings. The molecule has 0 radical (unpaired) electrons. The minimum Gasteiger partial charge on any atom is -0.351 e. The number of rotatable bonds is 4. The summed E-state index contributed by atoms with van der Waals surface area (Å²) in [7, 11) is 1.84. The van der Waals surface area contributed by atoms with E-state index in [-0.39, 0.29) is 17.9 Å². The molecule has 2 heterocycles. The van der Waals surface area contributed by atoms with Crippen LogP contribution in [0.2, 0.25) is 0 Å². The van der Waals surface area contributed by atoms with Gasteiger partial charge in [0.2, 0.25) is 0 Å². The molecular formula is C16H14N4O4. The summed E-state index contributed by atoms with van der Waals surface area (Å²) in [6, 6.07) is 8.88. The molecule has 1 aromatic carbocycles. The average Bonchev–Trinajstić information content (AvgIpc) is 3.07. The van der Waals surface area contributed by atoms with Gasteiger partial charge < -0.3 is 9.88 Å². The van der Waals surface area contributed by atoms with E-state index in [4.69, 9.17) is 0 Å². The van der Waals surface area contributed by atoms with Gasteiger partial charge in [-0.3, -0.25) is 19.8 Å². The number of nitrogens with one attached hydrogen (secondary N) is 1. The highest BCUT2D eigenvalue weighted by Crippen LogP contribution is 2.18. The van der Waals surface area contributed by atoms with Crippen LogP contribution in [-0.4, -0.2) is 26.3 Å². The fourth-order valence-corrected chi connectivity index (χ4v) is 2.39. The van der Waals surface area contributed by atoms with E-state index in [9.17, 15) is 19.7 Å². The van der Waals surface area contributed by atoms with Crippen LogP contribution in [0, 0.1) is 10.1 Å². The molecule has 0 saturated carbocycles. The molecule has 3 amide bonds. The lowest BCUT2D eigenvalue weighted by Crippen LogP contribution is -2.30. The normalized spacial score (nSPS) is 15.9. The number of hydrogen-bond donors (Lipinski definition) is 1. The number of nitrogens with zero attached hydrogens (tertiary/aromatic N) is 3. The van der Waals surface area contributed by atoms with E-state index in [1.54, 1.807) is 6.08 Å². The van der Waals surface area contributed by atoms with Gasteiger partial charge >= 0.3 is 6.03 Å². The fourth-order valence-electron chi connectivity index (χ4n) is 2.39. The lowest BCUT2D eigenvalue weighted by atomic mass is 10.2. The second-order valence-corrected chi connectivity index (χ2v) is 5.35. The molecular weight excluding hydrogens is 312 g/mol. The van der Waals surface area contributed by atoms with Gasteiger partial charge in [-0.2, -0.15) is 0 Å². The van der Waals surface area contributed by atoms with Crippen molar-refractivity contribution in [1.82, 2.24) is 14.8 Å². The van der Waals surface area contributed by atoms with Crippen LogP contribution in [0.3, 0.4) is 0 Å². The molecule has 0 spiro atoms. The van der Waals surface area contributed by atoms with E-state index in [1.807, 2.05) is 29.9 Å². The summed E-state index contributed by atoms with van der Waals surface area (Å²) in [5, 5.41) is 13.2. The number of carbonyl (C=O) groups excluding carboxylic acids is 2. The number of non-ortho nitro benzene ring substituents is 1. The fraction of sp³-hybridized carbons (Fsp3) is 0.125. The van der Waals surface area contributed by atoms with Crippen molar-refractivity contribution >= 4 is 23.7 Å². The maximum atomic E-state index is 12.4. The molecule has 0 bridgehead atoms. The highest BCUT2D eigenvalue weighted by molar-refractivity contribution is 6.13. The van der Waals surface area contributed by atoms with Gasteiger partial charge in [0, 0.05) is 31.1 Å². The highest BCUT2D eigenvalue weighted by atomic mass is 16.6. The Morgan fingerprint density at radius 3 is 2.50 bits per heavy atom. The lowest BCUT2D eigenvalue weighted by Gasteiger charge is -2.11. The van der Waals surface area contributed by atoms with Gasteiger partial charge in [0.25, 0.3) is 11.6 Å². The molecule has 8 heteroatoms. The van der Waals surface area contributed by atoms with Crippen LogP contribution in [0.25, 0.3) is 6.08 Å². The van der Waals surface area contributed by atoms with E-state index in [0.717, 1.165) is 10.6 Å². The van der Waals surface area contributed by atoms with E-state index >= 15 is 0 Å². The molecule has 1 saturated heterocycles. The first-order valence-corrected chi connectivity index (χ1v) is 7.15. The molecule has 1 aromatic heterocycles. The lowest BCUT2D eigenvalue weighted by molar-refractivity contribution is -0.384. The zero-order valence-electron chi connectivity index (χ0n) is 12.8. The third-order valence-electron chi connectivity index (χ3n) is 3.73. The molecule has 3 rings (SSSR count). The Morgan fingerprint density at radius 2 is 1.92 bits per heavy atom. The number of urea groups is 1. The standard InChI is InChI=1S/C16H14N4O4/c1-18-8-2-3-13(18)9-14-15(21)19(16(22)17-14)10-11-4-6-12(7-5-11)20(23)24/h2-9H,10H2,1H3,(H,17,22)/b14-9-. The van der Waals surface area contributed by atoms with Crippen LogP contribution in [0.5, 0.6) is 0 Å². The number of amides is 3. The maximum absolute atomic E-state index is 12.4. The third kappa shape index (κ3) is 2.89. The SMILES string of the molecule is Cn1cccc1/C=C1\NC(=O)N(Cc2ccc([N+](=O)[O-])cc2)C1=O. The topological polar surface area (TPSA) is 97.5 Å². The Morgan fingerprint density at radius 1 is 1.21 bits per heavy atom. The van der Waals surface area contributed by atoms with Crippen LogP contribution in [0.15, 0.2) is 48.3 Å². The highest BCUT2D eigenvalue weighted by Gasteiger charge is 2.33. The van der Waals surface area contributed by atoms with Crippen molar-refractivity contribution in [2.45, 2.75) is 6.54 Å². The van der Waals surface area contributed by atoms with Gasteiger partial charge in [-0.25, -0.2) is 4.79 Å². The van der Waals surface area contributed by atoms with Crippen LogP contribution >= 0.6 is 0 Å². The first-order valence-electron chi connectivity index (χ1n) is 7.15. The smallest absolute Gasteiger partial charge is 0.329 e. The van der Waals surface area contributed by atoms with Crippen molar-refractivity contribution in [1.29, 1.82) is 0 Å². The second kappa shape index (κ2) is 5.99. The van der Waals surface area contributed by atoms with Crippen molar-refractivity contribution in [3.8, 4) is 0 Å². The van der Waals surface area contributed by atoms with Gasteiger partial charge in [-0.15, -0.1) is 0 Å². The van der Waals surface area contributed by atoms with E-state index in [1.165, 1.54) is 24.3 Å². The molecule has 8 nitrogen and oxygen atoms in total. The molecule has 1 N–H and O–H groups in total. The minimum absolute atomic E-state index is 0.0414. The number of nitro groups is 1. The van der Waals surface area contributed by atoms with Crippen molar-refractivity contribution in [3.05, 3.63) is 69.7 Å². The largest absolute Gasteiger partial charge is 0.351 e. The summed E-state index contributed by atoms with van der Waals surface area (Å²) in [4.78, 5) is 35.6. The number of nitro benzene ring substituents is 1. The summed E-state index contributed by atoms with van der Waals surface area (Å²) in [5.74, 6) is -0.431. The van der Waals surface area contributed by atoms with Gasteiger partial charge in [0.05, 0.1) is 11.5 Å². The van der Waals surface area contributed by atoms with E-state index < -0.39 is 16.9 Å². The van der Waals surface area contributed by atoms with Gasteiger partial charge in [-0.1, -0.05) is 12.1 Å². The third-order valence-corrected chi connectivity index (χ3v) is 3.73. The first-order chi connectivity index (χ1) is 11.5. The number of aryl methyl sites for hydroxylation is 1. The van der Waals surface area contributed by atoms with Crippen LogP contribution in [0.1, 0.15) is 11.3 Å². The van der Waals surface area contributed by atoms with Crippen molar-refractivity contribution < 1.29 is 14.5 Å². The predicted octanol–water partition coefficient (Wildman–Crippen LogP) is 2.03. The summed E-state index contributed by atoms with van der Waals surface area (Å²) >= 11 is 0. The predicted molar refractivity (Wildman–Crippen MR) is 85.6 cm³/mol. The van der Waals surface area contributed by atoms with Crippen molar-refractivity contribution in [2.75, 3.05) is 0 Å². The summed E-state index contributed by atoms with van der Waals surface area (Å²) in [6.45, 7) is 0.0487. The zero-order chi connectivity index (χ0) is 17.3. The molecule has 0 unspecified atom stereocenters. The molecule has 1 aliphatic heterocycles. The minimum atomic E-state index is -0.515. The van der Waals surface area contributed by atoms with Crippen molar-refractivity contribution in [2.24, 2.45) is 7.05 Å². The summed E-state index contributed by atoms with van der Waals surface area (Å²) < 4.78 is 1.82. The monoisotopic (exact) mass is 326 g/mol. The Balaban J connectivity index is 1.78. The number of hydrogen-bond acceptors (Lipinski definition) is 4. The first kappa shape index (κ1) is 15.5. The number of carbonyl (C=O) groups is 2. The molecule has 1 aliphatic rings. The second-order valence-electron chi connectivity index (χ2n) is 5.35. The Kier molecular flexibility index (Phi) is 3.87. The van der Waals surface area contributed by atoms with Gasteiger partial charge in [0.15, 0.2) is 0 Å². The quantitative estimate of drug-likeness (QED) is 0.402. The molecule has 0 atom stereocenters. The van der Waals surface area contributed by atoms with E-state index in [2.05, 4.69) is 5.32 Å². The Labute approximate surface area is 137 Å². The number of aromatic nitrogens is 1. The summed E-state index contributed by atoms with van der Waals surface area (Å²) in [6.07, 6.45) is 3.44. The number of benzene rings is 1. The van der Waals surface area contributed by atoms with Crippen LogP contribution in [-0.2, 0) is 18.4 Å². The molecule has 1 fully saturated rings. The van der Waals surface area contributed by atoms with Gasteiger partial charge in [-0.05, 0) is 23.8 Å². The maximum Gasteiger partial charge on any atom is 0.329 e. The van der Waals surface area contributed by atoms with Crippen LogP contribution < -0.4 is 5.32 Å². The number of imide groups is 1.